The summed E-state index contributed by atoms with van der Waals surface area (Å²) in [5.41, 5.74) is 1.34. The Kier molecular flexibility index (Phi) is 4.97. The largest absolute Gasteiger partial charge is 0.392 e. The van der Waals surface area contributed by atoms with E-state index in [4.69, 9.17) is 0 Å². The molecule has 0 aliphatic heterocycles. The first-order valence-electron chi connectivity index (χ1n) is 9.02. The van der Waals surface area contributed by atoms with Crippen LogP contribution in [0.4, 0.5) is 0 Å². The summed E-state index contributed by atoms with van der Waals surface area (Å²) in [5.74, 6) is 0.272. The standard InChI is InChI=1S/C23H23OP/c24-22-16-9-15-20(22)21-14-7-8-17-23(21)25(18-10-3-1-4-11-18)19-12-5-2-6-13-19/h1-8,10-14,17,20,22,24H,9,15-16H2. The molecule has 1 fully saturated rings. The van der Waals surface area contributed by atoms with E-state index in [1.807, 2.05) is 0 Å². The van der Waals surface area contributed by atoms with Gasteiger partial charge in [-0.25, -0.2) is 0 Å². The summed E-state index contributed by atoms with van der Waals surface area (Å²) in [6, 6.07) is 30.4. The van der Waals surface area contributed by atoms with Crippen molar-refractivity contribution in [3.8, 4) is 0 Å². The Morgan fingerprint density at radius 2 is 1.24 bits per heavy atom. The fraction of sp³-hybridized carbons (Fsp3) is 0.217. The number of hydrogen-bond acceptors (Lipinski definition) is 1. The average Bonchev–Trinajstić information content (AvgIpc) is 3.10. The SMILES string of the molecule is OC1CCCC1c1ccccc1P(c1ccccc1)c1ccccc1. The molecule has 2 heteroatoms. The van der Waals surface area contributed by atoms with Crippen LogP contribution >= 0.6 is 7.92 Å². The lowest BCUT2D eigenvalue weighted by Gasteiger charge is -2.26. The molecule has 126 valence electrons. The smallest absolute Gasteiger partial charge is 0.0609 e. The number of rotatable bonds is 4. The van der Waals surface area contributed by atoms with E-state index in [0.29, 0.717) is 0 Å². The maximum atomic E-state index is 10.5. The van der Waals surface area contributed by atoms with Crippen LogP contribution in [0.15, 0.2) is 84.9 Å². The van der Waals surface area contributed by atoms with Crippen LogP contribution in [0.2, 0.25) is 0 Å². The van der Waals surface area contributed by atoms with Gasteiger partial charge in [0.25, 0.3) is 0 Å². The van der Waals surface area contributed by atoms with Gasteiger partial charge in [0.1, 0.15) is 0 Å². The van der Waals surface area contributed by atoms with Crippen molar-refractivity contribution < 1.29 is 5.11 Å². The molecular weight excluding hydrogens is 323 g/mol. The van der Waals surface area contributed by atoms with Crippen molar-refractivity contribution in [2.45, 2.75) is 31.3 Å². The van der Waals surface area contributed by atoms with Crippen molar-refractivity contribution in [3.05, 3.63) is 90.5 Å². The first kappa shape index (κ1) is 16.5. The lowest BCUT2D eigenvalue weighted by Crippen LogP contribution is -2.26. The van der Waals surface area contributed by atoms with E-state index in [-0.39, 0.29) is 12.0 Å². The van der Waals surface area contributed by atoms with Gasteiger partial charge in [-0.3, -0.25) is 0 Å². The van der Waals surface area contributed by atoms with Crippen LogP contribution in [0.3, 0.4) is 0 Å². The summed E-state index contributed by atoms with van der Waals surface area (Å²) < 4.78 is 0. The lowest BCUT2D eigenvalue weighted by atomic mass is 9.96. The van der Waals surface area contributed by atoms with Gasteiger partial charge in [0.15, 0.2) is 0 Å². The Balaban J connectivity index is 1.86. The topological polar surface area (TPSA) is 20.2 Å². The van der Waals surface area contributed by atoms with Gasteiger partial charge in [0.2, 0.25) is 0 Å². The van der Waals surface area contributed by atoms with E-state index in [1.165, 1.54) is 21.5 Å². The maximum absolute atomic E-state index is 10.5. The average molecular weight is 346 g/mol. The molecule has 2 atom stereocenters. The van der Waals surface area contributed by atoms with Gasteiger partial charge in [0, 0.05) is 5.92 Å². The van der Waals surface area contributed by atoms with Crippen molar-refractivity contribution in [2.75, 3.05) is 0 Å². The second-order valence-corrected chi connectivity index (χ2v) is 8.86. The fourth-order valence-corrected chi connectivity index (χ4v) is 6.42. The number of benzene rings is 3. The zero-order chi connectivity index (χ0) is 17.1. The monoisotopic (exact) mass is 346 g/mol. The van der Waals surface area contributed by atoms with Gasteiger partial charge in [-0.05, 0) is 42.2 Å². The summed E-state index contributed by atoms with van der Waals surface area (Å²) in [5, 5.41) is 14.6. The Morgan fingerprint density at radius 3 is 1.80 bits per heavy atom. The maximum Gasteiger partial charge on any atom is 0.0609 e. The van der Waals surface area contributed by atoms with Gasteiger partial charge in [-0.15, -0.1) is 0 Å². The highest BCUT2D eigenvalue weighted by Crippen LogP contribution is 2.40. The van der Waals surface area contributed by atoms with E-state index >= 15 is 0 Å². The second kappa shape index (κ2) is 7.52. The zero-order valence-electron chi connectivity index (χ0n) is 14.3. The molecule has 1 N–H and O–H groups in total. The van der Waals surface area contributed by atoms with Gasteiger partial charge in [-0.2, -0.15) is 0 Å². The van der Waals surface area contributed by atoms with Gasteiger partial charge in [0.05, 0.1) is 6.10 Å². The second-order valence-electron chi connectivity index (χ2n) is 6.67. The summed E-state index contributed by atoms with van der Waals surface area (Å²) in [7, 11) is -0.613. The van der Waals surface area contributed by atoms with E-state index in [9.17, 15) is 5.11 Å². The molecule has 1 aliphatic carbocycles. The molecule has 0 amide bonds. The van der Waals surface area contributed by atoms with Crippen LogP contribution in [0.1, 0.15) is 30.7 Å². The third kappa shape index (κ3) is 3.40. The lowest BCUT2D eigenvalue weighted by molar-refractivity contribution is 0.164. The molecule has 3 aromatic carbocycles. The van der Waals surface area contributed by atoms with E-state index < -0.39 is 7.92 Å². The molecule has 2 unspecified atom stereocenters. The summed E-state index contributed by atoms with van der Waals surface area (Å²) >= 11 is 0. The molecule has 0 saturated heterocycles. The minimum Gasteiger partial charge on any atom is -0.392 e. The van der Waals surface area contributed by atoms with Crippen molar-refractivity contribution in [2.24, 2.45) is 0 Å². The summed E-state index contributed by atoms with van der Waals surface area (Å²) in [6.07, 6.45) is 2.93. The third-order valence-corrected chi connectivity index (χ3v) is 7.60. The first-order valence-corrected chi connectivity index (χ1v) is 10.4. The van der Waals surface area contributed by atoms with Crippen molar-refractivity contribution in [3.63, 3.8) is 0 Å². The highest BCUT2D eigenvalue weighted by molar-refractivity contribution is 7.79. The minimum atomic E-state index is -0.613. The highest BCUT2D eigenvalue weighted by atomic mass is 31.1. The van der Waals surface area contributed by atoms with Gasteiger partial charge in [-0.1, -0.05) is 91.3 Å². The predicted octanol–water partition coefficient (Wildman–Crippen LogP) is 4.07. The van der Waals surface area contributed by atoms with Crippen LogP contribution in [0.25, 0.3) is 0 Å². The summed E-state index contributed by atoms with van der Waals surface area (Å²) in [6.45, 7) is 0. The number of aliphatic hydroxyl groups excluding tert-OH is 1. The Hall–Kier alpha value is -1.95. The Bertz CT molecular complexity index is 776. The molecular formula is C23H23OP. The molecule has 1 aliphatic rings. The number of hydrogen-bond donors (Lipinski definition) is 1. The molecule has 0 aromatic heterocycles. The predicted molar refractivity (Wildman–Crippen MR) is 108 cm³/mol. The molecule has 1 nitrogen and oxygen atoms in total. The molecule has 0 spiro atoms. The van der Waals surface area contributed by atoms with Crippen LogP contribution < -0.4 is 15.9 Å². The molecule has 0 radical (unpaired) electrons. The zero-order valence-corrected chi connectivity index (χ0v) is 15.1. The highest BCUT2D eigenvalue weighted by Gasteiger charge is 2.30. The molecule has 25 heavy (non-hydrogen) atoms. The third-order valence-electron chi connectivity index (χ3n) is 5.09. The first-order chi connectivity index (χ1) is 12.3. The molecule has 0 heterocycles. The van der Waals surface area contributed by atoms with Crippen LogP contribution in [-0.4, -0.2) is 11.2 Å². The molecule has 4 rings (SSSR count). The van der Waals surface area contributed by atoms with E-state index in [2.05, 4.69) is 84.9 Å². The van der Waals surface area contributed by atoms with Crippen molar-refractivity contribution in [1.82, 2.24) is 0 Å². The van der Waals surface area contributed by atoms with Gasteiger partial charge < -0.3 is 5.11 Å². The Morgan fingerprint density at radius 1 is 0.680 bits per heavy atom. The molecule has 0 bridgehead atoms. The van der Waals surface area contributed by atoms with Crippen LogP contribution in [0.5, 0.6) is 0 Å². The van der Waals surface area contributed by atoms with Crippen molar-refractivity contribution in [1.29, 1.82) is 0 Å². The minimum absolute atomic E-state index is 0.204. The Labute approximate surface area is 151 Å². The molecule has 3 aromatic rings. The van der Waals surface area contributed by atoms with E-state index in [0.717, 1.165) is 19.3 Å². The van der Waals surface area contributed by atoms with Crippen molar-refractivity contribution >= 4 is 23.8 Å². The van der Waals surface area contributed by atoms with Gasteiger partial charge >= 0.3 is 0 Å². The van der Waals surface area contributed by atoms with Crippen LogP contribution in [0, 0.1) is 0 Å². The normalized spacial score (nSPS) is 20.1. The molecule has 1 saturated carbocycles. The fourth-order valence-electron chi connectivity index (χ4n) is 3.89. The van der Waals surface area contributed by atoms with Crippen LogP contribution in [-0.2, 0) is 0 Å². The number of aliphatic hydroxyl groups is 1. The van der Waals surface area contributed by atoms with E-state index in [1.54, 1.807) is 0 Å². The summed E-state index contributed by atoms with van der Waals surface area (Å²) in [4.78, 5) is 0. The quantitative estimate of drug-likeness (QED) is 0.706.